The zero-order valence-corrected chi connectivity index (χ0v) is 19.3. The number of amides is 2. The van der Waals surface area contributed by atoms with Crippen LogP contribution in [0.3, 0.4) is 0 Å². The second-order valence-electron chi connectivity index (χ2n) is 8.31. The van der Waals surface area contributed by atoms with Gasteiger partial charge in [-0.25, -0.2) is 4.39 Å². The van der Waals surface area contributed by atoms with E-state index < -0.39 is 5.82 Å². The monoisotopic (exact) mass is 446 g/mol. The highest BCUT2D eigenvalue weighted by atomic mass is 32.1. The van der Waals surface area contributed by atoms with Gasteiger partial charge < -0.3 is 14.5 Å². The minimum absolute atomic E-state index is 0.0117. The summed E-state index contributed by atoms with van der Waals surface area (Å²) in [5, 5.41) is 2.02. The number of fused-ring (bicyclic) bond motifs is 1. The lowest BCUT2D eigenvalue weighted by atomic mass is 10.00. The standard InChI is InChI=1S/C24H31FN2O3S/c1-4-11-26(23(28)14-17(2)3)15-24(29)27-12-9-22-18(10-13-31-22)20(27)16-30-21-8-6-5-7-19(21)25/h5-8,10,13,17,20H,4,9,11-12,14-16H2,1-3H3/t20-/m0/s1. The highest BCUT2D eigenvalue weighted by Crippen LogP contribution is 2.34. The number of thiophene rings is 1. The molecule has 0 saturated carbocycles. The normalized spacial score (nSPS) is 15.6. The summed E-state index contributed by atoms with van der Waals surface area (Å²) in [6.45, 7) is 7.37. The smallest absolute Gasteiger partial charge is 0.242 e. The maximum atomic E-state index is 14.0. The maximum Gasteiger partial charge on any atom is 0.242 e. The summed E-state index contributed by atoms with van der Waals surface area (Å²) in [6.07, 6.45) is 2.01. The van der Waals surface area contributed by atoms with Crippen LogP contribution in [0.4, 0.5) is 4.39 Å². The Morgan fingerprint density at radius 3 is 2.77 bits per heavy atom. The average Bonchev–Trinajstić information content (AvgIpc) is 3.21. The minimum Gasteiger partial charge on any atom is -0.488 e. The summed E-state index contributed by atoms with van der Waals surface area (Å²) in [5.41, 5.74) is 1.05. The molecule has 0 radical (unpaired) electrons. The highest BCUT2D eigenvalue weighted by Gasteiger charge is 2.33. The SMILES string of the molecule is CCCN(CC(=O)N1CCc2sccc2[C@@H]1COc1ccccc1F)C(=O)CC(C)C. The van der Waals surface area contributed by atoms with Crippen molar-refractivity contribution >= 4 is 23.2 Å². The number of nitrogens with zero attached hydrogens (tertiary/aromatic N) is 2. The third kappa shape index (κ3) is 5.85. The van der Waals surface area contributed by atoms with Gasteiger partial charge in [-0.05, 0) is 47.9 Å². The van der Waals surface area contributed by atoms with Crippen LogP contribution in [0.5, 0.6) is 5.75 Å². The molecule has 0 saturated heterocycles. The van der Waals surface area contributed by atoms with Gasteiger partial charge in [-0.3, -0.25) is 9.59 Å². The van der Waals surface area contributed by atoms with Gasteiger partial charge in [0.1, 0.15) is 6.61 Å². The molecule has 1 atom stereocenters. The first kappa shape index (κ1) is 23.3. The lowest BCUT2D eigenvalue weighted by Gasteiger charge is -2.37. The van der Waals surface area contributed by atoms with Crippen molar-refractivity contribution in [1.29, 1.82) is 0 Å². The largest absolute Gasteiger partial charge is 0.488 e. The van der Waals surface area contributed by atoms with E-state index in [0.29, 0.717) is 19.5 Å². The number of halogens is 1. The van der Waals surface area contributed by atoms with Crippen LogP contribution in [0.1, 0.15) is 50.1 Å². The van der Waals surface area contributed by atoms with Gasteiger partial charge in [-0.2, -0.15) is 0 Å². The Hall–Kier alpha value is -2.41. The summed E-state index contributed by atoms with van der Waals surface area (Å²) in [4.78, 5) is 30.6. The third-order valence-corrected chi connectivity index (χ3v) is 6.40. The van der Waals surface area contributed by atoms with E-state index in [4.69, 9.17) is 4.74 Å². The summed E-state index contributed by atoms with van der Waals surface area (Å²) in [5.74, 6) is -0.0820. The van der Waals surface area contributed by atoms with E-state index in [-0.39, 0.29) is 42.7 Å². The molecule has 3 rings (SSSR count). The minimum atomic E-state index is -0.421. The van der Waals surface area contributed by atoms with Crippen LogP contribution in [0.2, 0.25) is 0 Å². The van der Waals surface area contributed by atoms with Crippen LogP contribution in [0.15, 0.2) is 35.7 Å². The van der Waals surface area contributed by atoms with E-state index in [1.165, 1.54) is 10.9 Å². The topological polar surface area (TPSA) is 49.9 Å². The molecular formula is C24H31FN2O3S. The number of benzene rings is 1. The van der Waals surface area contributed by atoms with E-state index >= 15 is 0 Å². The molecule has 1 aromatic carbocycles. The number of carbonyl (C=O) groups is 2. The second-order valence-corrected chi connectivity index (χ2v) is 9.31. The van der Waals surface area contributed by atoms with E-state index in [2.05, 4.69) is 0 Å². The molecule has 168 valence electrons. The van der Waals surface area contributed by atoms with Crippen LogP contribution in [-0.4, -0.2) is 47.9 Å². The molecule has 5 nitrogen and oxygen atoms in total. The molecule has 0 unspecified atom stereocenters. The molecule has 31 heavy (non-hydrogen) atoms. The molecular weight excluding hydrogens is 415 g/mol. The summed E-state index contributed by atoms with van der Waals surface area (Å²) < 4.78 is 19.8. The Bertz CT molecular complexity index is 898. The molecule has 7 heteroatoms. The van der Waals surface area contributed by atoms with Gasteiger partial charge in [-0.15, -0.1) is 11.3 Å². The lowest BCUT2D eigenvalue weighted by Crippen LogP contribution is -2.48. The number of hydrogen-bond donors (Lipinski definition) is 0. The molecule has 1 aromatic heterocycles. The van der Waals surface area contributed by atoms with Gasteiger partial charge in [0, 0.05) is 24.4 Å². The average molecular weight is 447 g/mol. The van der Waals surface area contributed by atoms with Crippen LogP contribution in [0.25, 0.3) is 0 Å². The van der Waals surface area contributed by atoms with Gasteiger partial charge in [0.2, 0.25) is 11.8 Å². The Balaban J connectivity index is 1.76. The second kappa shape index (κ2) is 10.8. The zero-order valence-electron chi connectivity index (χ0n) is 18.5. The van der Waals surface area contributed by atoms with Gasteiger partial charge in [-0.1, -0.05) is 32.9 Å². The molecule has 1 aliphatic rings. The number of ether oxygens (including phenoxy) is 1. The lowest BCUT2D eigenvalue weighted by molar-refractivity contribution is -0.143. The molecule has 0 fully saturated rings. The van der Waals surface area contributed by atoms with E-state index in [1.54, 1.807) is 39.3 Å². The van der Waals surface area contributed by atoms with Gasteiger partial charge >= 0.3 is 0 Å². The fourth-order valence-corrected chi connectivity index (χ4v) is 4.83. The quantitative estimate of drug-likeness (QED) is 0.562. The van der Waals surface area contributed by atoms with Crippen LogP contribution in [0, 0.1) is 11.7 Å². The van der Waals surface area contributed by atoms with E-state index in [1.807, 2.05) is 32.2 Å². The first-order valence-corrected chi connectivity index (χ1v) is 11.8. The maximum absolute atomic E-state index is 14.0. The fourth-order valence-electron chi connectivity index (χ4n) is 3.90. The molecule has 2 amide bonds. The summed E-state index contributed by atoms with van der Waals surface area (Å²) in [6, 6.07) is 8.01. The zero-order chi connectivity index (χ0) is 22.4. The van der Waals surface area contributed by atoms with Crippen molar-refractivity contribution in [1.82, 2.24) is 9.80 Å². The molecule has 1 aliphatic heterocycles. The number of rotatable bonds is 9. The van der Waals surface area contributed by atoms with Crippen molar-refractivity contribution in [3.05, 3.63) is 52.0 Å². The van der Waals surface area contributed by atoms with Crippen LogP contribution in [-0.2, 0) is 16.0 Å². The highest BCUT2D eigenvalue weighted by molar-refractivity contribution is 7.10. The van der Waals surface area contributed by atoms with Gasteiger partial charge in [0.25, 0.3) is 0 Å². The molecule has 0 bridgehead atoms. The predicted molar refractivity (Wildman–Crippen MR) is 121 cm³/mol. The van der Waals surface area contributed by atoms with E-state index in [0.717, 1.165) is 18.4 Å². The van der Waals surface area contributed by atoms with Crippen molar-refractivity contribution in [2.24, 2.45) is 5.92 Å². The van der Waals surface area contributed by atoms with E-state index in [9.17, 15) is 14.0 Å². The summed E-state index contributed by atoms with van der Waals surface area (Å²) in [7, 11) is 0. The van der Waals surface area contributed by atoms with Crippen molar-refractivity contribution in [2.45, 2.75) is 46.1 Å². The molecule has 2 heterocycles. The molecule has 2 aromatic rings. The Labute approximate surface area is 187 Å². The van der Waals surface area contributed by atoms with Gasteiger partial charge in [0.05, 0.1) is 12.6 Å². The fraction of sp³-hybridized carbons (Fsp3) is 0.500. The third-order valence-electron chi connectivity index (χ3n) is 5.40. The Morgan fingerprint density at radius 1 is 1.29 bits per heavy atom. The predicted octanol–water partition coefficient (Wildman–Crippen LogP) is 4.68. The van der Waals surface area contributed by atoms with Crippen molar-refractivity contribution in [3.63, 3.8) is 0 Å². The number of carbonyl (C=O) groups excluding carboxylic acids is 2. The van der Waals surface area contributed by atoms with Gasteiger partial charge in [0.15, 0.2) is 11.6 Å². The Morgan fingerprint density at radius 2 is 2.06 bits per heavy atom. The first-order valence-electron chi connectivity index (χ1n) is 10.9. The molecule has 0 spiro atoms. The van der Waals surface area contributed by atoms with Crippen LogP contribution < -0.4 is 4.74 Å². The Kier molecular flexibility index (Phi) is 8.07. The molecule has 0 N–H and O–H groups in total. The van der Waals surface area contributed by atoms with Crippen molar-refractivity contribution < 1.29 is 18.7 Å². The first-order chi connectivity index (χ1) is 14.9. The van der Waals surface area contributed by atoms with Crippen molar-refractivity contribution in [2.75, 3.05) is 26.2 Å². The number of para-hydroxylation sites is 1. The number of hydrogen-bond acceptors (Lipinski definition) is 4. The van der Waals surface area contributed by atoms with Crippen LogP contribution >= 0.6 is 11.3 Å². The molecule has 0 aliphatic carbocycles. The van der Waals surface area contributed by atoms with Crippen molar-refractivity contribution in [3.8, 4) is 5.75 Å². The summed E-state index contributed by atoms with van der Waals surface area (Å²) >= 11 is 1.67.